The van der Waals surface area contributed by atoms with Crippen LogP contribution in [0, 0.1) is 0 Å². The Morgan fingerprint density at radius 1 is 1.22 bits per heavy atom. The van der Waals surface area contributed by atoms with Crippen molar-refractivity contribution in [3.05, 3.63) is 21.6 Å². The molecule has 1 heterocycles. The van der Waals surface area contributed by atoms with Crippen molar-refractivity contribution in [2.24, 2.45) is 0 Å². The number of rotatable bonds is 3. The number of aromatic amines is 1. The van der Waals surface area contributed by atoms with Crippen LogP contribution in [-0.4, -0.2) is 31.3 Å². The zero-order valence-corrected chi connectivity index (χ0v) is 10.8. The number of hydrogen-bond donors (Lipinski definition) is 1. The van der Waals surface area contributed by atoms with Gasteiger partial charge < -0.3 is 19.2 Å². The second-order valence-electron chi connectivity index (χ2n) is 3.40. The second-order valence-corrected chi connectivity index (χ2v) is 3.80. The number of methoxy groups -OCH3 is 3. The van der Waals surface area contributed by atoms with Crippen LogP contribution in [0.2, 0.25) is 5.02 Å². The summed E-state index contributed by atoms with van der Waals surface area (Å²) in [6, 6.07) is 1.55. The molecule has 0 saturated carbocycles. The summed E-state index contributed by atoms with van der Waals surface area (Å²) in [5, 5.41) is 0.782. The molecular weight excluding hydrogens is 260 g/mol. The zero-order valence-electron chi connectivity index (χ0n) is 10.0. The van der Waals surface area contributed by atoms with E-state index in [1.54, 1.807) is 6.07 Å². The second kappa shape index (κ2) is 4.73. The smallest absolute Gasteiger partial charge is 0.348 e. The highest BCUT2D eigenvalue weighted by molar-refractivity contribution is 6.35. The van der Waals surface area contributed by atoms with Gasteiger partial charge in [-0.15, -0.1) is 0 Å². The lowest BCUT2D eigenvalue weighted by molar-refractivity contribution is 0.355. The van der Waals surface area contributed by atoms with Crippen molar-refractivity contribution in [2.75, 3.05) is 21.3 Å². The molecule has 96 valence electrons. The number of H-pyrrole nitrogens is 1. The van der Waals surface area contributed by atoms with Crippen molar-refractivity contribution in [1.29, 1.82) is 0 Å². The van der Waals surface area contributed by atoms with Crippen LogP contribution in [0.3, 0.4) is 0 Å². The van der Waals surface area contributed by atoms with E-state index < -0.39 is 5.69 Å². The van der Waals surface area contributed by atoms with Crippen molar-refractivity contribution >= 4 is 22.5 Å². The Labute approximate surface area is 107 Å². The number of halogens is 1. The molecule has 0 atom stereocenters. The Morgan fingerprint density at radius 2 is 1.94 bits per heavy atom. The van der Waals surface area contributed by atoms with E-state index in [2.05, 4.69) is 9.97 Å². The summed E-state index contributed by atoms with van der Waals surface area (Å²) in [6.07, 6.45) is 0. The van der Waals surface area contributed by atoms with Crippen molar-refractivity contribution < 1.29 is 14.2 Å². The first-order valence-electron chi connectivity index (χ1n) is 5.00. The first-order chi connectivity index (χ1) is 8.62. The Morgan fingerprint density at radius 3 is 2.50 bits per heavy atom. The Kier molecular flexibility index (Phi) is 3.29. The molecule has 7 heteroatoms. The van der Waals surface area contributed by atoms with Crippen LogP contribution in [0.5, 0.6) is 17.4 Å². The molecule has 0 unspecified atom stereocenters. The molecule has 0 amide bonds. The highest BCUT2D eigenvalue weighted by Crippen LogP contribution is 2.41. The standard InChI is InChI=1S/C11H11ClN2O4/c1-16-6-4-5(12)8-7(9(6)17-2)10(18-3)14-11(15)13-8/h4H,1-3H3,(H,13,14,15). The van der Waals surface area contributed by atoms with Gasteiger partial charge >= 0.3 is 5.69 Å². The van der Waals surface area contributed by atoms with Crippen molar-refractivity contribution in [3.8, 4) is 17.4 Å². The molecule has 0 radical (unpaired) electrons. The molecule has 1 aromatic carbocycles. The molecule has 0 fully saturated rings. The third-order valence-electron chi connectivity index (χ3n) is 2.46. The van der Waals surface area contributed by atoms with Gasteiger partial charge in [-0.3, -0.25) is 0 Å². The van der Waals surface area contributed by atoms with Crippen LogP contribution in [0.4, 0.5) is 0 Å². The minimum atomic E-state index is -0.548. The van der Waals surface area contributed by atoms with Crippen molar-refractivity contribution in [2.45, 2.75) is 0 Å². The lowest BCUT2D eigenvalue weighted by atomic mass is 10.2. The maximum atomic E-state index is 11.4. The van der Waals surface area contributed by atoms with Gasteiger partial charge in [0.2, 0.25) is 5.88 Å². The molecule has 1 N–H and O–H groups in total. The average Bonchev–Trinajstić information content (AvgIpc) is 2.38. The summed E-state index contributed by atoms with van der Waals surface area (Å²) in [5.74, 6) is 0.964. The average molecular weight is 271 g/mol. The van der Waals surface area contributed by atoms with Crippen LogP contribution >= 0.6 is 11.6 Å². The quantitative estimate of drug-likeness (QED) is 0.917. The summed E-state index contributed by atoms with van der Waals surface area (Å²) in [6.45, 7) is 0. The van der Waals surface area contributed by atoms with Gasteiger partial charge in [0, 0.05) is 6.07 Å². The Hall–Kier alpha value is -1.95. The normalized spacial score (nSPS) is 10.4. The highest BCUT2D eigenvalue weighted by atomic mass is 35.5. The summed E-state index contributed by atoms with van der Waals surface area (Å²) in [5.41, 5.74) is -0.153. The Bertz CT molecular complexity index is 654. The number of hydrogen-bond acceptors (Lipinski definition) is 5. The molecule has 1 aromatic heterocycles. The summed E-state index contributed by atoms with van der Waals surface area (Å²) >= 11 is 6.08. The van der Waals surface area contributed by atoms with Crippen LogP contribution < -0.4 is 19.9 Å². The third-order valence-corrected chi connectivity index (χ3v) is 2.76. The van der Waals surface area contributed by atoms with Gasteiger partial charge in [-0.2, -0.15) is 4.98 Å². The maximum Gasteiger partial charge on any atom is 0.348 e. The molecule has 0 aliphatic heterocycles. The number of ether oxygens (including phenoxy) is 3. The molecule has 18 heavy (non-hydrogen) atoms. The molecule has 0 aliphatic rings. The summed E-state index contributed by atoms with van der Waals surface area (Å²) in [7, 11) is 4.38. The zero-order chi connectivity index (χ0) is 13.3. The fraction of sp³-hybridized carbons (Fsp3) is 0.273. The molecule has 2 rings (SSSR count). The van der Waals surface area contributed by atoms with E-state index >= 15 is 0 Å². The highest BCUT2D eigenvalue weighted by Gasteiger charge is 2.18. The van der Waals surface area contributed by atoms with Gasteiger partial charge in [0.1, 0.15) is 5.39 Å². The summed E-state index contributed by atoms with van der Waals surface area (Å²) < 4.78 is 15.5. The monoisotopic (exact) mass is 270 g/mol. The van der Waals surface area contributed by atoms with E-state index in [9.17, 15) is 4.79 Å². The molecule has 0 bridgehead atoms. The lowest BCUT2D eigenvalue weighted by Gasteiger charge is -2.13. The number of benzene rings is 1. The number of nitrogens with one attached hydrogen (secondary N) is 1. The van der Waals surface area contributed by atoms with Gasteiger partial charge in [-0.05, 0) is 0 Å². The van der Waals surface area contributed by atoms with E-state index in [1.807, 2.05) is 0 Å². The van der Waals surface area contributed by atoms with Gasteiger partial charge in [0.25, 0.3) is 0 Å². The first-order valence-corrected chi connectivity index (χ1v) is 5.38. The van der Waals surface area contributed by atoms with Gasteiger partial charge in [-0.25, -0.2) is 4.79 Å². The minimum Gasteiger partial charge on any atom is -0.493 e. The molecule has 6 nitrogen and oxygen atoms in total. The van der Waals surface area contributed by atoms with Gasteiger partial charge in [0.05, 0.1) is 31.9 Å². The molecule has 0 saturated heterocycles. The van der Waals surface area contributed by atoms with Gasteiger partial charge in [0.15, 0.2) is 11.5 Å². The first kappa shape index (κ1) is 12.5. The topological polar surface area (TPSA) is 73.4 Å². The van der Waals surface area contributed by atoms with Crippen LogP contribution in [0.15, 0.2) is 10.9 Å². The van der Waals surface area contributed by atoms with Crippen LogP contribution in [0.1, 0.15) is 0 Å². The van der Waals surface area contributed by atoms with Crippen LogP contribution in [-0.2, 0) is 0 Å². The van der Waals surface area contributed by atoms with Crippen LogP contribution in [0.25, 0.3) is 10.9 Å². The van der Waals surface area contributed by atoms with E-state index in [-0.39, 0.29) is 5.88 Å². The fourth-order valence-electron chi connectivity index (χ4n) is 1.72. The van der Waals surface area contributed by atoms with E-state index in [0.717, 1.165) is 0 Å². The predicted molar refractivity (Wildman–Crippen MR) is 67.0 cm³/mol. The number of aromatic nitrogens is 2. The molecule has 0 aliphatic carbocycles. The van der Waals surface area contributed by atoms with E-state index in [1.165, 1.54) is 21.3 Å². The third kappa shape index (κ3) is 1.84. The largest absolute Gasteiger partial charge is 0.493 e. The molecule has 2 aromatic rings. The fourth-order valence-corrected chi connectivity index (χ4v) is 1.96. The number of fused-ring (bicyclic) bond motifs is 1. The number of nitrogens with zero attached hydrogens (tertiary/aromatic N) is 1. The van der Waals surface area contributed by atoms with E-state index in [4.69, 9.17) is 25.8 Å². The van der Waals surface area contributed by atoms with Crippen molar-refractivity contribution in [3.63, 3.8) is 0 Å². The lowest BCUT2D eigenvalue weighted by Crippen LogP contribution is -2.12. The molecule has 0 spiro atoms. The summed E-state index contributed by atoms with van der Waals surface area (Å²) in [4.78, 5) is 17.7. The molecular formula is C11H11ClN2O4. The minimum absolute atomic E-state index is 0.131. The SMILES string of the molecule is COc1cc(Cl)c2[nH]c(=O)nc(OC)c2c1OC. The van der Waals surface area contributed by atoms with Gasteiger partial charge in [-0.1, -0.05) is 11.6 Å². The Balaban J connectivity index is 3.00. The van der Waals surface area contributed by atoms with E-state index in [0.29, 0.717) is 27.4 Å². The predicted octanol–water partition coefficient (Wildman–Crippen LogP) is 1.60. The van der Waals surface area contributed by atoms with Crippen molar-refractivity contribution in [1.82, 2.24) is 9.97 Å². The maximum absolute atomic E-state index is 11.4.